The van der Waals surface area contributed by atoms with Crippen molar-refractivity contribution in [3.63, 3.8) is 0 Å². The molecule has 1 aromatic rings. The van der Waals surface area contributed by atoms with E-state index < -0.39 is 0 Å². The zero-order valence-corrected chi connectivity index (χ0v) is 13.9. The topological polar surface area (TPSA) is 54.0 Å². The third-order valence-corrected chi connectivity index (χ3v) is 4.75. The molecule has 23 heavy (non-hydrogen) atoms. The number of methoxy groups -OCH3 is 2. The third-order valence-electron chi connectivity index (χ3n) is 4.75. The maximum Gasteiger partial charge on any atom is 0.254 e. The molecule has 0 aliphatic carbocycles. The van der Waals surface area contributed by atoms with Crippen LogP contribution in [0.4, 0.5) is 0 Å². The van der Waals surface area contributed by atoms with Crippen LogP contribution in [0.1, 0.15) is 16.8 Å². The van der Waals surface area contributed by atoms with Crippen molar-refractivity contribution in [3.8, 4) is 11.5 Å². The van der Waals surface area contributed by atoms with Crippen LogP contribution in [0.5, 0.6) is 11.5 Å². The lowest BCUT2D eigenvalue weighted by atomic mass is 10.1. The molecule has 0 bridgehead atoms. The minimum Gasteiger partial charge on any atom is -0.493 e. The number of rotatable bonds is 4. The summed E-state index contributed by atoms with van der Waals surface area (Å²) in [5.74, 6) is 1.31. The van der Waals surface area contributed by atoms with Crippen molar-refractivity contribution in [2.75, 3.05) is 53.5 Å². The average molecular weight is 319 g/mol. The summed E-state index contributed by atoms with van der Waals surface area (Å²) >= 11 is 0. The van der Waals surface area contributed by atoms with Crippen molar-refractivity contribution < 1.29 is 14.3 Å². The van der Waals surface area contributed by atoms with E-state index in [9.17, 15) is 4.79 Å². The molecule has 0 saturated carbocycles. The van der Waals surface area contributed by atoms with Gasteiger partial charge in [0, 0.05) is 50.9 Å². The predicted octanol–water partition coefficient (Wildman–Crippen LogP) is 0.824. The number of ether oxygens (including phenoxy) is 2. The van der Waals surface area contributed by atoms with Crippen LogP contribution in [-0.4, -0.2) is 75.2 Å². The number of amides is 1. The molecular formula is C17H25N3O3. The Hall–Kier alpha value is -1.79. The maximum absolute atomic E-state index is 12.7. The Balaban J connectivity index is 1.66. The van der Waals surface area contributed by atoms with Gasteiger partial charge in [-0.05, 0) is 24.6 Å². The van der Waals surface area contributed by atoms with Gasteiger partial charge in [0.1, 0.15) is 0 Å². The fourth-order valence-corrected chi connectivity index (χ4v) is 3.42. The standard InChI is InChI=1S/C17H25N3O3/c1-22-15-4-3-13(11-16(15)23-2)17(21)20-8-5-14(12-20)19-9-6-18-7-10-19/h3-4,11,14,18H,5-10,12H2,1-2H3. The predicted molar refractivity (Wildman–Crippen MR) is 88.3 cm³/mol. The maximum atomic E-state index is 12.7. The Kier molecular flexibility index (Phi) is 5.03. The number of benzene rings is 1. The highest BCUT2D eigenvalue weighted by Crippen LogP contribution is 2.28. The summed E-state index contributed by atoms with van der Waals surface area (Å²) < 4.78 is 10.5. The van der Waals surface area contributed by atoms with Gasteiger partial charge >= 0.3 is 0 Å². The van der Waals surface area contributed by atoms with Crippen molar-refractivity contribution in [2.24, 2.45) is 0 Å². The van der Waals surface area contributed by atoms with E-state index in [1.165, 1.54) is 0 Å². The van der Waals surface area contributed by atoms with Crippen molar-refractivity contribution in [2.45, 2.75) is 12.5 Å². The molecule has 1 aromatic carbocycles. The van der Waals surface area contributed by atoms with Gasteiger partial charge in [-0.1, -0.05) is 0 Å². The van der Waals surface area contributed by atoms with Gasteiger partial charge in [-0.3, -0.25) is 9.69 Å². The molecule has 6 heteroatoms. The fourth-order valence-electron chi connectivity index (χ4n) is 3.42. The molecule has 1 amide bonds. The van der Waals surface area contributed by atoms with Crippen molar-refractivity contribution in [1.82, 2.24) is 15.1 Å². The van der Waals surface area contributed by atoms with Crippen LogP contribution in [0.25, 0.3) is 0 Å². The van der Waals surface area contributed by atoms with Crippen LogP contribution in [-0.2, 0) is 0 Å². The van der Waals surface area contributed by atoms with Crippen LogP contribution < -0.4 is 14.8 Å². The largest absolute Gasteiger partial charge is 0.493 e. The number of carbonyl (C=O) groups is 1. The molecule has 0 radical (unpaired) electrons. The van der Waals surface area contributed by atoms with Crippen LogP contribution in [0.15, 0.2) is 18.2 Å². The third kappa shape index (κ3) is 3.43. The first-order valence-electron chi connectivity index (χ1n) is 8.19. The van der Waals surface area contributed by atoms with Crippen LogP contribution in [0, 0.1) is 0 Å². The van der Waals surface area contributed by atoms with E-state index in [0.29, 0.717) is 23.1 Å². The first-order chi connectivity index (χ1) is 11.2. The lowest BCUT2D eigenvalue weighted by Crippen LogP contribution is -2.49. The Morgan fingerprint density at radius 1 is 1.13 bits per heavy atom. The normalized spacial score (nSPS) is 22.2. The van der Waals surface area contributed by atoms with Crippen molar-refractivity contribution in [3.05, 3.63) is 23.8 Å². The zero-order valence-electron chi connectivity index (χ0n) is 13.9. The molecule has 2 aliphatic heterocycles. The molecular weight excluding hydrogens is 294 g/mol. The van der Waals surface area contributed by atoms with Crippen LogP contribution >= 0.6 is 0 Å². The van der Waals surface area contributed by atoms with E-state index in [2.05, 4.69) is 10.2 Å². The number of nitrogens with one attached hydrogen (secondary N) is 1. The summed E-state index contributed by atoms with van der Waals surface area (Å²) in [6.07, 6.45) is 1.05. The van der Waals surface area contributed by atoms with Gasteiger partial charge < -0.3 is 19.7 Å². The molecule has 1 unspecified atom stereocenters. The molecule has 2 aliphatic rings. The monoisotopic (exact) mass is 319 g/mol. The Morgan fingerprint density at radius 2 is 1.87 bits per heavy atom. The Morgan fingerprint density at radius 3 is 2.57 bits per heavy atom. The van der Waals surface area contributed by atoms with Gasteiger partial charge in [0.15, 0.2) is 11.5 Å². The number of nitrogens with zero attached hydrogens (tertiary/aromatic N) is 2. The first kappa shape index (κ1) is 16.1. The Labute approximate surface area is 137 Å². The SMILES string of the molecule is COc1ccc(C(=O)N2CCC(N3CCNCC3)C2)cc1OC. The highest BCUT2D eigenvalue weighted by atomic mass is 16.5. The van der Waals surface area contributed by atoms with Crippen LogP contribution in [0.2, 0.25) is 0 Å². The molecule has 3 rings (SSSR count). The second-order valence-corrected chi connectivity index (χ2v) is 6.05. The zero-order chi connectivity index (χ0) is 16.2. The summed E-state index contributed by atoms with van der Waals surface area (Å²) in [6.45, 7) is 5.86. The average Bonchev–Trinajstić information content (AvgIpc) is 3.11. The van der Waals surface area contributed by atoms with E-state index >= 15 is 0 Å². The fraction of sp³-hybridized carbons (Fsp3) is 0.588. The number of likely N-dealkylation sites (tertiary alicyclic amines) is 1. The lowest BCUT2D eigenvalue weighted by molar-refractivity contribution is 0.0773. The molecule has 0 aromatic heterocycles. The molecule has 2 heterocycles. The van der Waals surface area contributed by atoms with E-state index in [1.54, 1.807) is 26.4 Å². The van der Waals surface area contributed by atoms with E-state index in [0.717, 1.165) is 45.7 Å². The van der Waals surface area contributed by atoms with Gasteiger partial charge in [0.2, 0.25) is 0 Å². The van der Waals surface area contributed by atoms with Gasteiger partial charge in [-0.2, -0.15) is 0 Å². The summed E-state index contributed by atoms with van der Waals surface area (Å²) in [4.78, 5) is 17.2. The number of hydrogen-bond acceptors (Lipinski definition) is 5. The second-order valence-electron chi connectivity index (χ2n) is 6.05. The highest BCUT2D eigenvalue weighted by Gasteiger charge is 2.31. The van der Waals surface area contributed by atoms with E-state index in [1.807, 2.05) is 11.0 Å². The summed E-state index contributed by atoms with van der Waals surface area (Å²) in [6, 6.07) is 5.85. The first-order valence-corrected chi connectivity index (χ1v) is 8.19. The van der Waals surface area contributed by atoms with Gasteiger partial charge in [0.05, 0.1) is 14.2 Å². The summed E-state index contributed by atoms with van der Waals surface area (Å²) in [7, 11) is 3.18. The molecule has 2 saturated heterocycles. The molecule has 1 N–H and O–H groups in total. The quantitative estimate of drug-likeness (QED) is 0.891. The second kappa shape index (κ2) is 7.19. The van der Waals surface area contributed by atoms with Gasteiger partial charge in [-0.25, -0.2) is 0 Å². The van der Waals surface area contributed by atoms with Crippen LogP contribution in [0.3, 0.4) is 0 Å². The minimum atomic E-state index is 0.0728. The molecule has 2 fully saturated rings. The van der Waals surface area contributed by atoms with E-state index in [-0.39, 0.29) is 5.91 Å². The molecule has 6 nitrogen and oxygen atoms in total. The Bertz CT molecular complexity index is 558. The van der Waals surface area contributed by atoms with Gasteiger partial charge in [-0.15, -0.1) is 0 Å². The van der Waals surface area contributed by atoms with Crippen molar-refractivity contribution >= 4 is 5.91 Å². The number of carbonyl (C=O) groups excluding carboxylic acids is 1. The van der Waals surface area contributed by atoms with E-state index in [4.69, 9.17) is 9.47 Å². The highest BCUT2D eigenvalue weighted by molar-refractivity contribution is 5.95. The molecule has 0 spiro atoms. The number of hydrogen-bond donors (Lipinski definition) is 1. The smallest absolute Gasteiger partial charge is 0.254 e. The van der Waals surface area contributed by atoms with Crippen molar-refractivity contribution in [1.29, 1.82) is 0 Å². The lowest BCUT2D eigenvalue weighted by Gasteiger charge is -2.32. The molecule has 126 valence electrons. The molecule has 1 atom stereocenters. The minimum absolute atomic E-state index is 0.0728. The summed E-state index contributed by atoms with van der Waals surface area (Å²) in [5.41, 5.74) is 0.656. The summed E-state index contributed by atoms with van der Waals surface area (Å²) in [5, 5.41) is 3.37. The number of piperazine rings is 1. The van der Waals surface area contributed by atoms with Gasteiger partial charge in [0.25, 0.3) is 5.91 Å².